The molecule has 33 heavy (non-hydrogen) atoms. The number of nitrogens with zero attached hydrogens (tertiary/aromatic N) is 5. The number of nitrogens with one attached hydrogen (secondary N) is 2. The van der Waals surface area contributed by atoms with Crippen molar-refractivity contribution in [3.05, 3.63) is 81.6 Å². The Morgan fingerprint density at radius 1 is 1.06 bits per heavy atom. The molecule has 0 saturated carbocycles. The minimum absolute atomic E-state index is 0.00937. The molecule has 8 nitrogen and oxygen atoms in total. The fraction of sp³-hybridized carbons (Fsp3) is 0.0952. The van der Waals surface area contributed by atoms with Crippen LogP contribution in [-0.2, 0) is 0 Å². The minimum Gasteiger partial charge on any atom is -0.358 e. The van der Waals surface area contributed by atoms with Gasteiger partial charge in [-0.2, -0.15) is 0 Å². The highest BCUT2D eigenvalue weighted by Gasteiger charge is 2.22. The molecule has 0 aliphatic rings. The fourth-order valence-corrected chi connectivity index (χ4v) is 3.77. The number of H-pyrrole nitrogens is 1. The number of fused-ring (bicyclic) bond motifs is 2. The molecule has 0 radical (unpaired) electrons. The predicted octanol–water partition coefficient (Wildman–Crippen LogP) is 4.30. The summed E-state index contributed by atoms with van der Waals surface area (Å²) < 4.78 is 42.7. The highest BCUT2D eigenvalue weighted by Crippen LogP contribution is 2.27. The molecular formula is C21H13ClF3N7O. The molecule has 0 spiro atoms. The highest BCUT2D eigenvalue weighted by molar-refractivity contribution is 6.35. The van der Waals surface area contributed by atoms with E-state index >= 15 is 0 Å². The molecule has 0 bridgehead atoms. The van der Waals surface area contributed by atoms with Gasteiger partial charge >= 0.3 is 0 Å². The number of anilines is 1. The average molecular weight is 472 g/mol. The summed E-state index contributed by atoms with van der Waals surface area (Å²) in [4.78, 5) is 33.2. The molecular weight excluding hydrogens is 459 g/mol. The van der Waals surface area contributed by atoms with Crippen LogP contribution < -0.4 is 10.9 Å². The molecule has 3 heterocycles. The summed E-state index contributed by atoms with van der Waals surface area (Å²) in [5.74, 6) is -2.56. The van der Waals surface area contributed by atoms with E-state index in [0.29, 0.717) is 17.0 Å². The SMILES string of the molecule is C[C@H](Nc1ncnc2[nH]cnc12)c1nc2ccc(F)c(Cl)c2c(=O)n1-c1ccc(F)c(F)c1. The Morgan fingerprint density at radius 2 is 1.85 bits per heavy atom. The highest BCUT2D eigenvalue weighted by atomic mass is 35.5. The summed E-state index contributed by atoms with van der Waals surface area (Å²) in [6.07, 6.45) is 2.78. The maximum absolute atomic E-state index is 14.1. The zero-order chi connectivity index (χ0) is 23.3. The Bertz CT molecular complexity index is 1600. The lowest BCUT2D eigenvalue weighted by atomic mass is 10.2. The first-order valence-corrected chi connectivity index (χ1v) is 9.99. The van der Waals surface area contributed by atoms with Crippen molar-refractivity contribution in [2.75, 3.05) is 5.32 Å². The first-order chi connectivity index (χ1) is 15.8. The second-order valence-electron chi connectivity index (χ2n) is 7.15. The molecule has 5 rings (SSSR count). The molecule has 0 amide bonds. The molecule has 0 aliphatic heterocycles. The summed E-state index contributed by atoms with van der Waals surface area (Å²) in [6, 6.07) is 4.68. The van der Waals surface area contributed by atoms with Gasteiger partial charge in [0.1, 0.15) is 23.5 Å². The monoisotopic (exact) mass is 471 g/mol. The van der Waals surface area contributed by atoms with Crippen molar-refractivity contribution in [1.82, 2.24) is 29.5 Å². The van der Waals surface area contributed by atoms with Crippen LogP contribution in [0.1, 0.15) is 18.8 Å². The molecule has 5 aromatic rings. The Morgan fingerprint density at radius 3 is 2.64 bits per heavy atom. The lowest BCUT2D eigenvalue weighted by Gasteiger charge is -2.20. The zero-order valence-corrected chi connectivity index (χ0v) is 17.5. The van der Waals surface area contributed by atoms with Gasteiger partial charge in [0, 0.05) is 6.07 Å². The first-order valence-electron chi connectivity index (χ1n) is 9.62. The average Bonchev–Trinajstić information content (AvgIpc) is 3.28. The van der Waals surface area contributed by atoms with E-state index in [1.165, 1.54) is 24.8 Å². The van der Waals surface area contributed by atoms with E-state index in [0.717, 1.165) is 22.8 Å². The molecule has 3 aromatic heterocycles. The Labute approximate surface area is 188 Å². The summed E-state index contributed by atoms with van der Waals surface area (Å²) in [7, 11) is 0. The van der Waals surface area contributed by atoms with Gasteiger partial charge in [-0.15, -0.1) is 0 Å². The van der Waals surface area contributed by atoms with E-state index in [4.69, 9.17) is 11.6 Å². The van der Waals surface area contributed by atoms with E-state index in [2.05, 4.69) is 30.2 Å². The van der Waals surface area contributed by atoms with Crippen LogP contribution in [0.4, 0.5) is 19.0 Å². The molecule has 0 aliphatic carbocycles. The summed E-state index contributed by atoms with van der Waals surface area (Å²) >= 11 is 6.06. The van der Waals surface area contributed by atoms with Crippen molar-refractivity contribution >= 4 is 39.5 Å². The molecule has 0 unspecified atom stereocenters. The normalized spacial score (nSPS) is 12.4. The quantitative estimate of drug-likeness (QED) is 0.405. The molecule has 1 atom stereocenters. The van der Waals surface area contributed by atoms with Gasteiger partial charge in [-0.1, -0.05) is 11.6 Å². The molecule has 0 saturated heterocycles. The molecule has 2 N–H and O–H groups in total. The van der Waals surface area contributed by atoms with Crippen LogP contribution >= 0.6 is 11.6 Å². The molecule has 0 fully saturated rings. The third-order valence-corrected chi connectivity index (χ3v) is 5.44. The smallest absolute Gasteiger partial charge is 0.267 e. The van der Waals surface area contributed by atoms with E-state index in [-0.39, 0.29) is 22.4 Å². The summed E-state index contributed by atoms with van der Waals surface area (Å²) in [5, 5.41) is 2.51. The molecule has 166 valence electrons. The van der Waals surface area contributed by atoms with Crippen molar-refractivity contribution in [2.24, 2.45) is 0 Å². The summed E-state index contributed by atoms with van der Waals surface area (Å²) in [6.45, 7) is 1.69. The predicted molar refractivity (Wildman–Crippen MR) is 116 cm³/mol. The van der Waals surface area contributed by atoms with Crippen LogP contribution in [0, 0.1) is 17.5 Å². The number of aromatic amines is 1. The van der Waals surface area contributed by atoms with Gasteiger partial charge in [0.05, 0.1) is 34.0 Å². The maximum Gasteiger partial charge on any atom is 0.267 e. The first kappa shape index (κ1) is 20.9. The van der Waals surface area contributed by atoms with E-state index in [1.807, 2.05) is 0 Å². The van der Waals surface area contributed by atoms with Crippen LogP contribution in [0.2, 0.25) is 5.02 Å². The van der Waals surface area contributed by atoms with Crippen molar-refractivity contribution < 1.29 is 13.2 Å². The Balaban J connectivity index is 1.74. The topological polar surface area (TPSA) is 101 Å². The van der Waals surface area contributed by atoms with Gasteiger partial charge < -0.3 is 10.3 Å². The van der Waals surface area contributed by atoms with E-state index in [1.54, 1.807) is 6.92 Å². The third kappa shape index (κ3) is 3.46. The minimum atomic E-state index is -1.16. The number of aromatic nitrogens is 6. The van der Waals surface area contributed by atoms with Crippen LogP contribution in [-0.4, -0.2) is 29.5 Å². The number of benzene rings is 2. The zero-order valence-electron chi connectivity index (χ0n) is 16.8. The number of halogens is 4. The Kier molecular flexibility index (Phi) is 4.97. The second kappa shape index (κ2) is 7.85. The maximum atomic E-state index is 14.1. The van der Waals surface area contributed by atoms with Crippen LogP contribution in [0.5, 0.6) is 0 Å². The lowest BCUT2D eigenvalue weighted by molar-refractivity contribution is 0.507. The van der Waals surface area contributed by atoms with Gasteiger partial charge in [-0.3, -0.25) is 9.36 Å². The fourth-order valence-electron chi connectivity index (χ4n) is 3.53. The molecule has 12 heteroatoms. The van der Waals surface area contributed by atoms with Gasteiger partial charge in [-0.05, 0) is 31.2 Å². The van der Waals surface area contributed by atoms with Gasteiger partial charge in [0.15, 0.2) is 23.1 Å². The van der Waals surface area contributed by atoms with Gasteiger partial charge in [0.25, 0.3) is 5.56 Å². The standard InChI is InChI=1S/C21H13ClF3N7O/c1-9(30-19-17-18(27-7-26-17)28-8-29-19)20-31-14-5-4-12(24)16(22)15(14)21(33)32(20)10-2-3-11(23)13(25)6-10/h2-9H,1H3,(H2,26,27,28,29,30)/t9-/m0/s1. The van der Waals surface area contributed by atoms with E-state index < -0.39 is 34.1 Å². The Hall–Kier alpha value is -3.99. The van der Waals surface area contributed by atoms with Gasteiger partial charge in [0.2, 0.25) is 0 Å². The summed E-state index contributed by atoms with van der Waals surface area (Å²) in [5.41, 5.74) is 0.335. The van der Waals surface area contributed by atoms with Crippen LogP contribution in [0.25, 0.3) is 27.8 Å². The lowest BCUT2D eigenvalue weighted by Crippen LogP contribution is -2.28. The number of imidazole rings is 1. The number of rotatable bonds is 4. The van der Waals surface area contributed by atoms with Gasteiger partial charge in [-0.25, -0.2) is 33.1 Å². The van der Waals surface area contributed by atoms with Crippen molar-refractivity contribution in [2.45, 2.75) is 13.0 Å². The van der Waals surface area contributed by atoms with Crippen molar-refractivity contribution in [3.8, 4) is 5.69 Å². The van der Waals surface area contributed by atoms with E-state index in [9.17, 15) is 18.0 Å². The third-order valence-electron chi connectivity index (χ3n) is 5.07. The molecule has 2 aromatic carbocycles. The second-order valence-corrected chi connectivity index (χ2v) is 7.53. The number of hydrogen-bond acceptors (Lipinski definition) is 6. The van der Waals surface area contributed by atoms with Crippen molar-refractivity contribution in [1.29, 1.82) is 0 Å². The van der Waals surface area contributed by atoms with Crippen LogP contribution in [0.15, 0.2) is 47.8 Å². The van der Waals surface area contributed by atoms with Crippen LogP contribution in [0.3, 0.4) is 0 Å². The largest absolute Gasteiger partial charge is 0.358 e. The van der Waals surface area contributed by atoms with Crippen molar-refractivity contribution in [3.63, 3.8) is 0 Å². The number of hydrogen-bond donors (Lipinski definition) is 2.